The van der Waals surface area contributed by atoms with E-state index in [9.17, 15) is 8.78 Å². The summed E-state index contributed by atoms with van der Waals surface area (Å²) < 4.78 is 31.7. The van der Waals surface area contributed by atoms with E-state index in [2.05, 4.69) is 5.32 Å². The molecule has 0 aliphatic rings. The Morgan fingerprint density at radius 1 is 1.10 bits per heavy atom. The van der Waals surface area contributed by atoms with Crippen LogP contribution in [0.1, 0.15) is 24.1 Å². The molecule has 0 spiro atoms. The molecule has 1 atom stereocenters. The summed E-state index contributed by atoms with van der Waals surface area (Å²) in [6.45, 7) is 2.25. The van der Waals surface area contributed by atoms with E-state index in [1.165, 1.54) is 6.07 Å². The average molecular weight is 277 g/mol. The van der Waals surface area contributed by atoms with Crippen LogP contribution in [0.4, 0.5) is 8.78 Å². The number of rotatable bonds is 5. The summed E-state index contributed by atoms with van der Waals surface area (Å²) in [5, 5.41) is 3.17. The van der Waals surface area contributed by atoms with Crippen LogP contribution in [0.2, 0.25) is 0 Å². The van der Waals surface area contributed by atoms with Crippen LogP contribution < -0.4 is 10.1 Å². The second-order valence-corrected chi connectivity index (χ2v) is 4.61. The van der Waals surface area contributed by atoms with Crippen molar-refractivity contribution in [3.8, 4) is 5.75 Å². The van der Waals surface area contributed by atoms with Crippen LogP contribution in [-0.4, -0.2) is 7.11 Å². The van der Waals surface area contributed by atoms with Crippen LogP contribution in [0.5, 0.6) is 5.75 Å². The maximum atomic E-state index is 13.5. The highest BCUT2D eigenvalue weighted by Gasteiger charge is 2.08. The van der Waals surface area contributed by atoms with Gasteiger partial charge in [-0.25, -0.2) is 8.78 Å². The predicted octanol–water partition coefficient (Wildman–Crippen LogP) is 3.82. The zero-order valence-corrected chi connectivity index (χ0v) is 11.5. The highest BCUT2D eigenvalue weighted by atomic mass is 19.1. The van der Waals surface area contributed by atoms with Crippen molar-refractivity contribution < 1.29 is 13.5 Å². The van der Waals surface area contributed by atoms with Crippen molar-refractivity contribution in [1.82, 2.24) is 5.32 Å². The third kappa shape index (κ3) is 3.54. The van der Waals surface area contributed by atoms with Crippen LogP contribution in [0.3, 0.4) is 0 Å². The summed E-state index contributed by atoms with van der Waals surface area (Å²) in [6.07, 6.45) is 0. The van der Waals surface area contributed by atoms with E-state index in [1.807, 2.05) is 31.2 Å². The molecular formula is C16H17F2NO. The van der Waals surface area contributed by atoms with Crippen molar-refractivity contribution >= 4 is 0 Å². The quantitative estimate of drug-likeness (QED) is 0.897. The fourth-order valence-corrected chi connectivity index (χ4v) is 1.95. The normalized spacial score (nSPS) is 12.2. The van der Waals surface area contributed by atoms with Crippen molar-refractivity contribution in [2.45, 2.75) is 19.5 Å². The smallest absolute Gasteiger partial charge is 0.127 e. The van der Waals surface area contributed by atoms with Gasteiger partial charge in [0.05, 0.1) is 7.11 Å². The molecule has 0 saturated carbocycles. The first-order chi connectivity index (χ1) is 9.60. The first-order valence-electron chi connectivity index (χ1n) is 6.41. The van der Waals surface area contributed by atoms with Gasteiger partial charge in [0.15, 0.2) is 0 Å². The Labute approximate surface area is 117 Å². The van der Waals surface area contributed by atoms with Crippen molar-refractivity contribution in [2.24, 2.45) is 0 Å². The minimum atomic E-state index is -0.430. The third-order valence-corrected chi connectivity index (χ3v) is 3.22. The Kier molecular flexibility index (Phi) is 4.69. The Hall–Kier alpha value is -1.94. The number of hydrogen-bond acceptors (Lipinski definition) is 2. The van der Waals surface area contributed by atoms with Crippen molar-refractivity contribution in [1.29, 1.82) is 0 Å². The van der Waals surface area contributed by atoms with E-state index in [0.717, 1.165) is 23.4 Å². The van der Waals surface area contributed by atoms with Crippen LogP contribution in [0, 0.1) is 11.6 Å². The van der Waals surface area contributed by atoms with Gasteiger partial charge in [0.25, 0.3) is 0 Å². The van der Waals surface area contributed by atoms with Gasteiger partial charge < -0.3 is 10.1 Å². The number of nitrogens with one attached hydrogen (secondary N) is 1. The van der Waals surface area contributed by atoms with Gasteiger partial charge in [-0.2, -0.15) is 0 Å². The molecule has 0 radical (unpaired) electrons. The molecule has 4 heteroatoms. The lowest BCUT2D eigenvalue weighted by molar-refractivity contribution is 0.414. The summed E-state index contributed by atoms with van der Waals surface area (Å²) in [5.74, 6) is -0.0433. The molecule has 20 heavy (non-hydrogen) atoms. The van der Waals surface area contributed by atoms with E-state index >= 15 is 0 Å². The minimum absolute atomic E-state index is 0.0311. The number of methoxy groups -OCH3 is 1. The van der Waals surface area contributed by atoms with Gasteiger partial charge in [-0.1, -0.05) is 12.1 Å². The van der Waals surface area contributed by atoms with Gasteiger partial charge >= 0.3 is 0 Å². The summed E-state index contributed by atoms with van der Waals surface area (Å²) in [4.78, 5) is 0. The standard InChI is InChI=1S/C16H17F2NO/c1-11(12-3-6-15(20-2)7-4-12)19-10-13-9-14(17)5-8-16(13)18/h3-9,11,19H,10H2,1-2H3. The Morgan fingerprint density at radius 3 is 2.45 bits per heavy atom. The topological polar surface area (TPSA) is 21.3 Å². The summed E-state index contributed by atoms with van der Waals surface area (Å²) >= 11 is 0. The van der Waals surface area contributed by atoms with E-state index in [-0.39, 0.29) is 12.6 Å². The summed E-state index contributed by atoms with van der Waals surface area (Å²) in [7, 11) is 1.61. The lowest BCUT2D eigenvalue weighted by Crippen LogP contribution is -2.18. The van der Waals surface area contributed by atoms with E-state index in [1.54, 1.807) is 7.11 Å². The summed E-state index contributed by atoms with van der Waals surface area (Å²) in [5.41, 5.74) is 1.38. The number of halogens is 2. The molecule has 2 aromatic carbocycles. The van der Waals surface area contributed by atoms with Crippen molar-refractivity contribution in [3.63, 3.8) is 0 Å². The molecule has 2 rings (SSSR count). The lowest BCUT2D eigenvalue weighted by Gasteiger charge is -2.15. The van der Waals surface area contributed by atoms with Crippen molar-refractivity contribution in [2.75, 3.05) is 7.11 Å². The van der Waals surface area contributed by atoms with Crippen LogP contribution in [0.15, 0.2) is 42.5 Å². The van der Waals surface area contributed by atoms with E-state index in [0.29, 0.717) is 5.56 Å². The molecular weight excluding hydrogens is 260 g/mol. The van der Waals surface area contributed by atoms with Gasteiger partial charge in [0, 0.05) is 18.2 Å². The maximum absolute atomic E-state index is 13.5. The second-order valence-electron chi connectivity index (χ2n) is 4.61. The predicted molar refractivity (Wildman–Crippen MR) is 74.6 cm³/mol. The molecule has 0 aromatic heterocycles. The molecule has 0 heterocycles. The molecule has 2 nitrogen and oxygen atoms in total. The van der Waals surface area contributed by atoms with Crippen LogP contribution >= 0.6 is 0 Å². The SMILES string of the molecule is COc1ccc(C(C)NCc2cc(F)ccc2F)cc1. The highest BCUT2D eigenvalue weighted by Crippen LogP contribution is 2.18. The first kappa shape index (κ1) is 14.5. The Bertz CT molecular complexity index is 569. The van der Waals surface area contributed by atoms with Gasteiger partial charge in [-0.05, 0) is 42.8 Å². The Morgan fingerprint density at radius 2 is 1.80 bits per heavy atom. The fraction of sp³-hybridized carbons (Fsp3) is 0.250. The average Bonchev–Trinajstić information content (AvgIpc) is 2.48. The molecule has 106 valence electrons. The van der Waals surface area contributed by atoms with Gasteiger partial charge in [0.2, 0.25) is 0 Å². The monoisotopic (exact) mass is 277 g/mol. The number of hydrogen-bond donors (Lipinski definition) is 1. The zero-order valence-electron chi connectivity index (χ0n) is 11.5. The van der Waals surface area contributed by atoms with Gasteiger partial charge in [0.1, 0.15) is 17.4 Å². The van der Waals surface area contributed by atoms with Gasteiger partial charge in [-0.3, -0.25) is 0 Å². The van der Waals surface area contributed by atoms with Crippen molar-refractivity contribution in [3.05, 3.63) is 65.2 Å². The first-order valence-corrected chi connectivity index (χ1v) is 6.41. The molecule has 1 N–H and O–H groups in total. The lowest BCUT2D eigenvalue weighted by atomic mass is 10.1. The highest BCUT2D eigenvalue weighted by molar-refractivity contribution is 5.29. The fourth-order valence-electron chi connectivity index (χ4n) is 1.95. The zero-order chi connectivity index (χ0) is 14.5. The van der Waals surface area contributed by atoms with Gasteiger partial charge in [-0.15, -0.1) is 0 Å². The molecule has 0 bridgehead atoms. The molecule has 1 unspecified atom stereocenters. The molecule has 2 aromatic rings. The van der Waals surface area contributed by atoms with Crippen LogP contribution in [-0.2, 0) is 6.54 Å². The van der Waals surface area contributed by atoms with Crippen LogP contribution in [0.25, 0.3) is 0 Å². The minimum Gasteiger partial charge on any atom is -0.497 e. The largest absolute Gasteiger partial charge is 0.497 e. The number of ether oxygens (including phenoxy) is 1. The Balaban J connectivity index is 2.00. The molecule has 0 aliphatic heterocycles. The van der Waals surface area contributed by atoms with E-state index < -0.39 is 11.6 Å². The maximum Gasteiger partial charge on any atom is 0.127 e. The molecule has 0 fully saturated rings. The molecule has 0 amide bonds. The van der Waals surface area contributed by atoms with E-state index in [4.69, 9.17) is 4.74 Å². The second kappa shape index (κ2) is 6.48. The number of benzene rings is 2. The summed E-state index contributed by atoms with van der Waals surface area (Å²) in [6, 6.07) is 11.1. The molecule has 0 aliphatic carbocycles. The third-order valence-electron chi connectivity index (χ3n) is 3.22. The molecule has 0 saturated heterocycles.